The summed E-state index contributed by atoms with van der Waals surface area (Å²) in [5.74, 6) is 0.648. The van der Waals surface area contributed by atoms with Crippen LogP contribution in [-0.4, -0.2) is 27.6 Å². The Balaban J connectivity index is 1.63. The molecule has 0 radical (unpaired) electrons. The van der Waals surface area contributed by atoms with Crippen LogP contribution in [0.3, 0.4) is 0 Å². The van der Waals surface area contributed by atoms with Gasteiger partial charge < -0.3 is 5.32 Å². The van der Waals surface area contributed by atoms with Gasteiger partial charge in [0.25, 0.3) is 0 Å². The Morgan fingerprint density at radius 3 is 2.69 bits per heavy atom. The van der Waals surface area contributed by atoms with E-state index in [-0.39, 0.29) is 5.91 Å². The lowest BCUT2D eigenvalue weighted by Crippen LogP contribution is -2.22. The fourth-order valence-corrected chi connectivity index (χ4v) is 5.28. The van der Waals surface area contributed by atoms with Gasteiger partial charge in [-0.25, -0.2) is 4.98 Å². The highest BCUT2D eigenvalue weighted by Gasteiger charge is 2.18. The molecule has 9 heteroatoms. The molecule has 0 saturated carbocycles. The highest BCUT2D eigenvalue weighted by Crippen LogP contribution is 2.32. The van der Waals surface area contributed by atoms with Crippen LogP contribution < -0.4 is 10.2 Å². The normalized spacial score (nSPS) is 10.9. The molecule has 0 aliphatic carbocycles. The van der Waals surface area contributed by atoms with Crippen LogP contribution in [0.25, 0.3) is 0 Å². The number of amides is 1. The van der Waals surface area contributed by atoms with Crippen molar-refractivity contribution in [2.45, 2.75) is 50.1 Å². The predicted molar refractivity (Wildman–Crippen MR) is 124 cm³/mol. The average molecular weight is 448 g/mol. The SMILES string of the molecule is CCCCNc1nnc(SCc2csc(N(C(C)=O)c3ccc(CC)cc3)n2)s1. The van der Waals surface area contributed by atoms with E-state index in [1.54, 1.807) is 34.9 Å². The summed E-state index contributed by atoms with van der Waals surface area (Å²) < 4.78 is 0.914. The van der Waals surface area contributed by atoms with Crippen molar-refractivity contribution in [1.82, 2.24) is 15.2 Å². The first-order chi connectivity index (χ1) is 14.1. The van der Waals surface area contributed by atoms with Gasteiger partial charge in [0.05, 0.1) is 11.4 Å². The summed E-state index contributed by atoms with van der Waals surface area (Å²) in [6, 6.07) is 8.06. The minimum absolute atomic E-state index is 0.0466. The third-order valence-electron chi connectivity index (χ3n) is 4.21. The molecule has 0 fully saturated rings. The zero-order chi connectivity index (χ0) is 20.6. The molecule has 6 nitrogen and oxygen atoms in total. The lowest BCUT2D eigenvalue weighted by molar-refractivity contribution is -0.115. The maximum atomic E-state index is 12.3. The summed E-state index contributed by atoms with van der Waals surface area (Å²) in [4.78, 5) is 18.6. The minimum Gasteiger partial charge on any atom is -0.360 e. The quantitative estimate of drug-likeness (QED) is 0.315. The standard InChI is InChI=1S/C20H25N5OS3/c1-4-6-11-21-18-23-24-20(29-18)28-13-16-12-27-19(22-16)25(14(3)26)17-9-7-15(5-2)8-10-17/h7-10,12H,4-6,11,13H2,1-3H3,(H,21,23). The summed E-state index contributed by atoms with van der Waals surface area (Å²) in [5, 5.41) is 15.2. The van der Waals surface area contributed by atoms with Gasteiger partial charge in [-0.1, -0.05) is 55.5 Å². The second kappa shape index (κ2) is 10.7. The van der Waals surface area contributed by atoms with Crippen LogP contribution in [0.4, 0.5) is 16.0 Å². The first-order valence-corrected chi connectivity index (χ1v) is 12.3. The van der Waals surface area contributed by atoms with Crippen molar-refractivity contribution < 1.29 is 4.79 Å². The molecule has 3 rings (SSSR count). The molecule has 29 heavy (non-hydrogen) atoms. The number of benzene rings is 1. The third-order valence-corrected chi connectivity index (χ3v) is 7.13. The molecule has 0 aliphatic rings. The van der Waals surface area contributed by atoms with Crippen molar-refractivity contribution in [3.8, 4) is 0 Å². The van der Waals surface area contributed by atoms with Crippen molar-refractivity contribution in [2.75, 3.05) is 16.8 Å². The highest BCUT2D eigenvalue weighted by atomic mass is 32.2. The van der Waals surface area contributed by atoms with Gasteiger partial charge in [0.15, 0.2) is 9.47 Å². The molecular weight excluding hydrogens is 422 g/mol. The molecule has 0 bridgehead atoms. The highest BCUT2D eigenvalue weighted by molar-refractivity contribution is 8.00. The van der Waals surface area contributed by atoms with Crippen molar-refractivity contribution in [2.24, 2.45) is 0 Å². The minimum atomic E-state index is -0.0466. The van der Waals surface area contributed by atoms with Crippen molar-refractivity contribution in [3.05, 3.63) is 40.9 Å². The number of anilines is 3. The van der Waals surface area contributed by atoms with E-state index in [2.05, 4.69) is 46.5 Å². The second-order valence-electron chi connectivity index (χ2n) is 6.44. The van der Waals surface area contributed by atoms with Crippen LogP contribution in [-0.2, 0) is 17.0 Å². The Hall–Kier alpha value is -1.97. The molecule has 0 aliphatic heterocycles. The van der Waals surface area contributed by atoms with E-state index < -0.39 is 0 Å². The average Bonchev–Trinajstić information content (AvgIpc) is 3.37. The largest absolute Gasteiger partial charge is 0.360 e. The number of rotatable bonds is 10. The summed E-state index contributed by atoms with van der Waals surface area (Å²) in [6.07, 6.45) is 3.25. The molecule has 2 aromatic heterocycles. The Kier molecular flexibility index (Phi) is 8.02. The van der Waals surface area contributed by atoms with Crippen molar-refractivity contribution in [3.63, 3.8) is 0 Å². The molecule has 1 amide bonds. The second-order valence-corrected chi connectivity index (χ2v) is 9.47. The zero-order valence-electron chi connectivity index (χ0n) is 16.8. The Morgan fingerprint density at radius 1 is 1.21 bits per heavy atom. The number of hydrogen-bond donors (Lipinski definition) is 1. The maximum Gasteiger partial charge on any atom is 0.230 e. The van der Waals surface area contributed by atoms with Gasteiger partial charge in [0, 0.05) is 24.6 Å². The van der Waals surface area contributed by atoms with E-state index in [0.717, 1.165) is 46.7 Å². The van der Waals surface area contributed by atoms with E-state index in [1.807, 2.05) is 17.5 Å². The summed E-state index contributed by atoms with van der Waals surface area (Å²) in [7, 11) is 0. The van der Waals surface area contributed by atoms with E-state index >= 15 is 0 Å². The van der Waals surface area contributed by atoms with Gasteiger partial charge >= 0.3 is 0 Å². The zero-order valence-corrected chi connectivity index (χ0v) is 19.3. The number of nitrogens with one attached hydrogen (secondary N) is 1. The summed E-state index contributed by atoms with van der Waals surface area (Å²) in [6.45, 7) is 6.77. The predicted octanol–water partition coefficient (Wildman–Crippen LogP) is 5.75. The van der Waals surface area contributed by atoms with Crippen molar-refractivity contribution in [1.29, 1.82) is 0 Å². The fraction of sp³-hybridized carbons (Fsp3) is 0.400. The maximum absolute atomic E-state index is 12.3. The number of carbonyl (C=O) groups excluding carboxylic acids is 1. The molecular formula is C20H25N5OS3. The number of aromatic nitrogens is 3. The third kappa shape index (κ3) is 6.01. The first kappa shape index (κ1) is 21.7. The topological polar surface area (TPSA) is 71.0 Å². The van der Waals surface area contributed by atoms with Gasteiger partial charge in [0.2, 0.25) is 11.0 Å². The summed E-state index contributed by atoms with van der Waals surface area (Å²) >= 11 is 4.66. The smallest absolute Gasteiger partial charge is 0.230 e. The van der Waals surface area contributed by atoms with Gasteiger partial charge in [-0.3, -0.25) is 9.69 Å². The van der Waals surface area contributed by atoms with E-state index in [9.17, 15) is 4.79 Å². The first-order valence-electron chi connectivity index (χ1n) is 9.65. The molecule has 0 atom stereocenters. The van der Waals surface area contributed by atoms with Gasteiger partial charge in [-0.2, -0.15) is 0 Å². The van der Waals surface area contributed by atoms with Gasteiger partial charge in [-0.15, -0.1) is 21.5 Å². The van der Waals surface area contributed by atoms with E-state index in [0.29, 0.717) is 10.9 Å². The molecule has 0 unspecified atom stereocenters. The van der Waals surface area contributed by atoms with Crippen LogP contribution in [0.2, 0.25) is 0 Å². The number of nitrogens with zero attached hydrogens (tertiary/aromatic N) is 4. The number of thiazole rings is 1. The lowest BCUT2D eigenvalue weighted by atomic mass is 10.1. The lowest BCUT2D eigenvalue weighted by Gasteiger charge is -2.18. The van der Waals surface area contributed by atoms with Crippen LogP contribution in [0, 0.1) is 0 Å². The van der Waals surface area contributed by atoms with E-state index in [1.165, 1.54) is 16.9 Å². The monoisotopic (exact) mass is 447 g/mol. The molecule has 1 aromatic carbocycles. The van der Waals surface area contributed by atoms with Crippen LogP contribution in [0.5, 0.6) is 0 Å². The Labute approximate surface area is 183 Å². The number of aryl methyl sites for hydroxylation is 1. The molecule has 154 valence electrons. The molecule has 0 spiro atoms. The Morgan fingerprint density at radius 2 is 2.00 bits per heavy atom. The van der Waals surface area contributed by atoms with Crippen LogP contribution >= 0.6 is 34.4 Å². The molecule has 0 saturated heterocycles. The van der Waals surface area contributed by atoms with E-state index in [4.69, 9.17) is 0 Å². The number of unbranched alkanes of at least 4 members (excludes halogenated alkanes) is 1. The number of carbonyl (C=O) groups is 1. The van der Waals surface area contributed by atoms with Crippen molar-refractivity contribution >= 4 is 56.3 Å². The summed E-state index contributed by atoms with van der Waals surface area (Å²) in [5.41, 5.74) is 3.02. The van der Waals surface area contributed by atoms with Crippen LogP contribution in [0.1, 0.15) is 44.9 Å². The van der Waals surface area contributed by atoms with Gasteiger partial charge in [0.1, 0.15) is 0 Å². The fourth-order valence-electron chi connectivity index (χ4n) is 2.62. The molecule has 1 N–H and O–H groups in total. The molecule has 3 aromatic rings. The Bertz CT molecular complexity index is 922. The van der Waals surface area contributed by atoms with Gasteiger partial charge in [-0.05, 0) is 30.5 Å². The number of hydrogen-bond acceptors (Lipinski definition) is 8. The molecule has 2 heterocycles. The number of thioether (sulfide) groups is 1. The van der Waals surface area contributed by atoms with Crippen LogP contribution in [0.15, 0.2) is 34.0 Å².